The minimum absolute atomic E-state index is 0.0756. The maximum absolute atomic E-state index is 12.0. The first-order valence-electron chi connectivity index (χ1n) is 14.6. The van der Waals surface area contributed by atoms with Crippen LogP contribution in [0.15, 0.2) is 48.6 Å². The van der Waals surface area contributed by atoms with Gasteiger partial charge in [0, 0.05) is 23.8 Å². The molecule has 0 radical (unpaired) electrons. The van der Waals surface area contributed by atoms with Crippen LogP contribution in [-0.2, 0) is 9.59 Å². The highest BCUT2D eigenvalue weighted by molar-refractivity contribution is 8.00. The van der Waals surface area contributed by atoms with Gasteiger partial charge in [-0.25, -0.2) is 4.79 Å². The van der Waals surface area contributed by atoms with Crippen molar-refractivity contribution in [3.05, 3.63) is 48.6 Å². The third-order valence-corrected chi connectivity index (χ3v) is 8.27. The average Bonchev–Trinajstić information content (AvgIpc) is 3.47. The van der Waals surface area contributed by atoms with E-state index in [1.807, 2.05) is 30.0 Å². The number of nitrogens with one attached hydrogen (secondary N) is 4. The van der Waals surface area contributed by atoms with Gasteiger partial charge >= 0.3 is 6.03 Å². The van der Waals surface area contributed by atoms with Crippen LogP contribution in [0.25, 0.3) is 0 Å². The summed E-state index contributed by atoms with van der Waals surface area (Å²) in [4.78, 5) is 35.3. The van der Waals surface area contributed by atoms with Crippen LogP contribution in [-0.4, -0.2) is 52.1 Å². The number of amides is 4. The summed E-state index contributed by atoms with van der Waals surface area (Å²) in [5.41, 5.74) is 5.00. The average molecular weight is 561 g/mol. The largest absolute Gasteiger partial charge is 0.389 e. The van der Waals surface area contributed by atoms with Gasteiger partial charge in [-0.3, -0.25) is 20.4 Å². The minimum Gasteiger partial charge on any atom is -0.389 e. The number of aliphatic hydroxyl groups excluding tert-OH is 1. The molecule has 9 heteroatoms. The highest BCUT2D eigenvalue weighted by Gasteiger charge is 2.42. The predicted molar refractivity (Wildman–Crippen MR) is 160 cm³/mol. The molecule has 0 aliphatic carbocycles. The molecular formula is C30H48N4O4S. The molecule has 0 bridgehead atoms. The Balaban J connectivity index is 1.39. The summed E-state index contributed by atoms with van der Waals surface area (Å²) in [6.07, 6.45) is 26.7. The van der Waals surface area contributed by atoms with Gasteiger partial charge in [-0.1, -0.05) is 81.2 Å². The Bertz CT molecular complexity index is 858. The van der Waals surface area contributed by atoms with Crippen molar-refractivity contribution in [2.75, 3.05) is 5.75 Å². The first-order chi connectivity index (χ1) is 19.0. The molecule has 0 aromatic carbocycles. The molecule has 39 heavy (non-hydrogen) atoms. The van der Waals surface area contributed by atoms with Crippen molar-refractivity contribution < 1.29 is 19.5 Å². The fourth-order valence-electron chi connectivity index (χ4n) is 4.53. The van der Waals surface area contributed by atoms with Crippen molar-refractivity contribution in [3.63, 3.8) is 0 Å². The van der Waals surface area contributed by atoms with Gasteiger partial charge in [0.1, 0.15) is 0 Å². The second-order valence-electron chi connectivity index (χ2n) is 10.1. The molecule has 0 saturated carbocycles. The molecule has 4 amide bonds. The summed E-state index contributed by atoms with van der Waals surface area (Å²) in [5.74, 6) is 0.591. The quantitative estimate of drug-likeness (QED) is 0.0502. The van der Waals surface area contributed by atoms with Gasteiger partial charge in [-0.05, 0) is 44.9 Å². The molecular weight excluding hydrogens is 512 g/mol. The van der Waals surface area contributed by atoms with E-state index in [2.05, 4.69) is 58.8 Å². The summed E-state index contributed by atoms with van der Waals surface area (Å²) in [6, 6.07) is 0.350. The van der Waals surface area contributed by atoms with E-state index in [0.717, 1.165) is 63.5 Å². The van der Waals surface area contributed by atoms with Gasteiger partial charge in [-0.2, -0.15) is 11.8 Å². The maximum Gasteiger partial charge on any atom is 0.315 e. The van der Waals surface area contributed by atoms with E-state index in [1.54, 1.807) is 0 Å². The zero-order valence-corrected chi connectivity index (χ0v) is 24.2. The normalized spacial score (nSPS) is 21.6. The summed E-state index contributed by atoms with van der Waals surface area (Å²) in [6.45, 7) is 2.16. The number of hydrazine groups is 1. The summed E-state index contributed by atoms with van der Waals surface area (Å²) in [5, 5.41) is 16.1. The lowest BCUT2D eigenvalue weighted by molar-refractivity contribution is -0.129. The van der Waals surface area contributed by atoms with Gasteiger partial charge in [0.15, 0.2) is 0 Å². The molecule has 4 atom stereocenters. The Morgan fingerprint density at radius 3 is 2.44 bits per heavy atom. The maximum atomic E-state index is 12.0. The SMILES string of the molecule is CCCCC[C@@H](O)/C=C/C=C/C/C=C\C/C=C\CCCC(=O)NNC(=O)CCCC[C@H]1SC[C@H]2NC(=O)N[C@@H]21. The molecule has 0 spiro atoms. The van der Waals surface area contributed by atoms with Gasteiger partial charge in [0.25, 0.3) is 0 Å². The molecule has 5 N–H and O–H groups in total. The molecule has 2 aliphatic heterocycles. The number of hydrogen-bond donors (Lipinski definition) is 5. The smallest absolute Gasteiger partial charge is 0.315 e. The van der Waals surface area contributed by atoms with Crippen LogP contribution in [0.5, 0.6) is 0 Å². The van der Waals surface area contributed by atoms with Crippen LogP contribution in [0.2, 0.25) is 0 Å². The monoisotopic (exact) mass is 560 g/mol. The Hall–Kier alpha value is -2.52. The van der Waals surface area contributed by atoms with Crippen molar-refractivity contribution >= 4 is 29.6 Å². The Kier molecular flexibility index (Phi) is 17.1. The van der Waals surface area contributed by atoms with E-state index in [9.17, 15) is 19.5 Å². The van der Waals surface area contributed by atoms with Crippen LogP contribution in [0.1, 0.15) is 90.4 Å². The Morgan fingerprint density at radius 1 is 0.949 bits per heavy atom. The Labute approximate surface area is 238 Å². The van der Waals surface area contributed by atoms with E-state index in [-0.39, 0.29) is 36.0 Å². The third-order valence-electron chi connectivity index (χ3n) is 6.76. The van der Waals surface area contributed by atoms with Gasteiger partial charge in [-0.15, -0.1) is 0 Å². The molecule has 0 aromatic rings. The zero-order valence-electron chi connectivity index (χ0n) is 23.4. The second kappa shape index (κ2) is 20.4. The first-order valence-corrected chi connectivity index (χ1v) is 15.6. The minimum atomic E-state index is -0.348. The predicted octanol–water partition coefficient (Wildman–Crippen LogP) is 4.98. The first kappa shape index (κ1) is 32.7. The number of urea groups is 1. The number of hydrogen-bond acceptors (Lipinski definition) is 5. The van der Waals surface area contributed by atoms with Gasteiger partial charge < -0.3 is 15.7 Å². The van der Waals surface area contributed by atoms with Crippen molar-refractivity contribution in [1.29, 1.82) is 0 Å². The molecule has 218 valence electrons. The zero-order chi connectivity index (χ0) is 28.1. The van der Waals surface area contributed by atoms with Crippen LogP contribution >= 0.6 is 11.8 Å². The summed E-state index contributed by atoms with van der Waals surface area (Å²) >= 11 is 1.88. The van der Waals surface area contributed by atoms with Crippen molar-refractivity contribution in [3.8, 4) is 0 Å². The van der Waals surface area contributed by atoms with E-state index in [1.165, 1.54) is 12.8 Å². The van der Waals surface area contributed by atoms with E-state index < -0.39 is 0 Å². The van der Waals surface area contributed by atoms with E-state index in [0.29, 0.717) is 18.1 Å². The second-order valence-corrected chi connectivity index (χ2v) is 11.4. The molecule has 2 saturated heterocycles. The highest BCUT2D eigenvalue weighted by atomic mass is 32.2. The highest BCUT2D eigenvalue weighted by Crippen LogP contribution is 2.33. The van der Waals surface area contributed by atoms with Crippen molar-refractivity contribution in [1.82, 2.24) is 21.5 Å². The van der Waals surface area contributed by atoms with Crippen LogP contribution in [0.3, 0.4) is 0 Å². The standard InChI is InChI=1S/C30H48N4O4S/c1-2-3-13-18-24(35)19-14-11-9-7-5-4-6-8-10-12-15-21-27(36)33-34-28(37)22-17-16-20-26-29-25(23-39-26)31-30(38)32-29/h4-5,8-11,14,19,24-26,29,35H,2-3,6-7,12-13,15-18,20-23H2,1H3,(H,33,36)(H,34,37)(H2,31,32,38)/b5-4-,10-8-,11-9+,19-14+/t24-,25-,26-,29+/m1/s1. The lowest BCUT2D eigenvalue weighted by atomic mass is 10.0. The molecule has 0 aromatic heterocycles. The number of rotatable bonds is 19. The summed E-state index contributed by atoms with van der Waals surface area (Å²) < 4.78 is 0. The lowest BCUT2D eigenvalue weighted by Crippen LogP contribution is -2.41. The molecule has 2 aliphatic rings. The van der Waals surface area contributed by atoms with Crippen molar-refractivity contribution in [2.24, 2.45) is 0 Å². The molecule has 8 nitrogen and oxygen atoms in total. The molecule has 0 unspecified atom stereocenters. The third kappa shape index (κ3) is 15.0. The van der Waals surface area contributed by atoms with Gasteiger partial charge in [0.05, 0.1) is 18.2 Å². The van der Waals surface area contributed by atoms with Crippen LogP contribution in [0.4, 0.5) is 4.79 Å². The number of carbonyl (C=O) groups is 3. The number of allylic oxidation sites excluding steroid dienone is 7. The fraction of sp³-hybridized carbons (Fsp3) is 0.633. The Morgan fingerprint density at radius 2 is 1.67 bits per heavy atom. The van der Waals surface area contributed by atoms with E-state index >= 15 is 0 Å². The van der Waals surface area contributed by atoms with Gasteiger partial charge in [0.2, 0.25) is 11.8 Å². The molecule has 2 fully saturated rings. The van der Waals surface area contributed by atoms with Crippen molar-refractivity contribution in [2.45, 2.75) is 114 Å². The van der Waals surface area contributed by atoms with Crippen LogP contribution in [0, 0.1) is 0 Å². The molecule has 2 heterocycles. The number of fused-ring (bicyclic) bond motifs is 1. The topological polar surface area (TPSA) is 120 Å². The lowest BCUT2D eigenvalue weighted by Gasteiger charge is -2.16. The number of unbranched alkanes of at least 4 members (excludes halogenated alkanes) is 4. The van der Waals surface area contributed by atoms with Crippen LogP contribution < -0.4 is 21.5 Å². The number of aliphatic hydroxyl groups is 1. The van der Waals surface area contributed by atoms with E-state index in [4.69, 9.17) is 0 Å². The number of thioether (sulfide) groups is 1. The number of carbonyl (C=O) groups excluding carboxylic acids is 3. The molecule has 2 rings (SSSR count). The summed E-state index contributed by atoms with van der Waals surface area (Å²) in [7, 11) is 0. The fourth-order valence-corrected chi connectivity index (χ4v) is 6.08.